The minimum absolute atomic E-state index is 0.0905. The van der Waals surface area contributed by atoms with Gasteiger partial charge in [0.2, 0.25) is 17.8 Å². The van der Waals surface area contributed by atoms with E-state index >= 15 is 0 Å². The summed E-state index contributed by atoms with van der Waals surface area (Å²) in [5.41, 5.74) is 2.63. The minimum Gasteiger partial charge on any atom is -0.378 e. The van der Waals surface area contributed by atoms with Crippen LogP contribution in [0.15, 0.2) is 48.5 Å². The average Bonchev–Trinajstić information content (AvgIpc) is 3.24. The van der Waals surface area contributed by atoms with Crippen molar-refractivity contribution in [3.05, 3.63) is 65.5 Å². The normalized spacial score (nSPS) is 14.6. The molecule has 0 spiro atoms. The Labute approximate surface area is 202 Å². The molecule has 4 aromatic rings. The number of halogens is 2. The number of hydrogen-bond donors (Lipinski definition) is 1. The van der Waals surface area contributed by atoms with Gasteiger partial charge >= 0.3 is 0 Å². The molecule has 8 nitrogen and oxygen atoms in total. The Morgan fingerprint density at radius 1 is 0.914 bits per heavy atom. The fourth-order valence-electron chi connectivity index (χ4n) is 4.14. The van der Waals surface area contributed by atoms with Crippen LogP contribution < -0.4 is 10.2 Å². The number of nitrogens with one attached hydrogen (secondary N) is 1. The summed E-state index contributed by atoms with van der Waals surface area (Å²) in [5, 5.41) is 3.39. The molecule has 0 atom stereocenters. The van der Waals surface area contributed by atoms with Crippen molar-refractivity contribution >= 4 is 22.9 Å². The predicted octanol–water partition coefficient (Wildman–Crippen LogP) is 4.64. The summed E-state index contributed by atoms with van der Waals surface area (Å²) in [5.74, 6) is 0.375. The van der Waals surface area contributed by atoms with E-state index in [0.29, 0.717) is 49.2 Å². The quantitative estimate of drug-likeness (QED) is 0.431. The van der Waals surface area contributed by atoms with Crippen LogP contribution in [0.4, 0.5) is 20.7 Å². The molecule has 182 valence electrons. The van der Waals surface area contributed by atoms with E-state index in [-0.39, 0.29) is 5.95 Å². The van der Waals surface area contributed by atoms with Crippen LogP contribution in [0.1, 0.15) is 37.2 Å². The predicted molar refractivity (Wildman–Crippen MR) is 130 cm³/mol. The van der Waals surface area contributed by atoms with Crippen LogP contribution in [0.3, 0.4) is 0 Å². The first-order chi connectivity index (χ1) is 16.8. The number of ether oxygens (including phenoxy) is 1. The van der Waals surface area contributed by atoms with Crippen LogP contribution in [-0.4, -0.2) is 50.8 Å². The van der Waals surface area contributed by atoms with Crippen molar-refractivity contribution in [2.45, 2.75) is 32.7 Å². The van der Waals surface area contributed by atoms with E-state index in [9.17, 15) is 8.78 Å². The number of hydrogen-bond acceptors (Lipinski definition) is 7. The largest absolute Gasteiger partial charge is 0.378 e. The zero-order chi connectivity index (χ0) is 24.6. The van der Waals surface area contributed by atoms with Crippen molar-refractivity contribution in [1.29, 1.82) is 0 Å². The Bertz CT molecular complexity index is 1330. The first-order valence-corrected chi connectivity index (χ1v) is 11.5. The summed E-state index contributed by atoms with van der Waals surface area (Å²) in [4.78, 5) is 20.0. The molecule has 0 saturated carbocycles. The first-order valence-electron chi connectivity index (χ1n) is 11.5. The molecule has 2 aromatic carbocycles. The number of benzene rings is 2. The molecule has 3 heterocycles. The van der Waals surface area contributed by atoms with Crippen LogP contribution in [0.2, 0.25) is 0 Å². The highest BCUT2D eigenvalue weighted by molar-refractivity contribution is 5.77. The van der Waals surface area contributed by atoms with Gasteiger partial charge in [0.25, 0.3) is 6.43 Å². The van der Waals surface area contributed by atoms with Crippen LogP contribution >= 0.6 is 0 Å². The maximum Gasteiger partial charge on any atom is 0.296 e. The van der Waals surface area contributed by atoms with Crippen LogP contribution in [0, 0.1) is 6.92 Å². The lowest BCUT2D eigenvalue weighted by Crippen LogP contribution is -2.38. The number of anilines is 2. The van der Waals surface area contributed by atoms with E-state index in [4.69, 9.17) is 4.74 Å². The molecule has 0 bridgehead atoms. The van der Waals surface area contributed by atoms with Crippen molar-refractivity contribution in [2.24, 2.45) is 0 Å². The monoisotopic (exact) mass is 479 g/mol. The Kier molecular flexibility index (Phi) is 6.06. The lowest BCUT2D eigenvalue weighted by atomic mass is 9.94. The van der Waals surface area contributed by atoms with Gasteiger partial charge in [-0.25, -0.2) is 13.8 Å². The Balaban J connectivity index is 1.63. The van der Waals surface area contributed by atoms with Crippen molar-refractivity contribution in [3.8, 4) is 5.95 Å². The summed E-state index contributed by atoms with van der Waals surface area (Å²) >= 11 is 0. The smallest absolute Gasteiger partial charge is 0.296 e. The number of aromatic nitrogens is 5. The van der Waals surface area contributed by atoms with Crippen LogP contribution in [0.25, 0.3) is 17.0 Å². The maximum atomic E-state index is 14.0. The minimum atomic E-state index is -2.80. The first kappa shape index (κ1) is 23.1. The maximum absolute atomic E-state index is 14.0. The summed E-state index contributed by atoms with van der Waals surface area (Å²) in [6.45, 7) is 8.34. The van der Waals surface area contributed by atoms with E-state index in [1.807, 2.05) is 49.9 Å². The van der Waals surface area contributed by atoms with Gasteiger partial charge in [-0.15, -0.1) is 0 Å². The zero-order valence-electron chi connectivity index (χ0n) is 19.9. The molecule has 1 fully saturated rings. The lowest BCUT2D eigenvalue weighted by Gasteiger charge is -2.29. The number of imidazole rings is 1. The number of fused-ring (bicyclic) bond motifs is 1. The second-order valence-electron chi connectivity index (χ2n) is 9.07. The topological polar surface area (TPSA) is 81.0 Å². The highest BCUT2D eigenvalue weighted by Crippen LogP contribution is 2.29. The van der Waals surface area contributed by atoms with Crippen molar-refractivity contribution in [3.63, 3.8) is 0 Å². The molecule has 1 aliphatic rings. The SMILES string of the molecule is Cc1ccc(C(C)(C)Nc2nc(N3CCOCC3)nc(-n3c(C(F)F)nc4ccccc43)n2)cc1. The molecule has 5 rings (SSSR count). The molecule has 0 unspecified atom stereocenters. The third-order valence-electron chi connectivity index (χ3n) is 6.09. The molecule has 35 heavy (non-hydrogen) atoms. The van der Waals surface area contributed by atoms with Gasteiger partial charge in [-0.05, 0) is 38.5 Å². The fourth-order valence-corrected chi connectivity index (χ4v) is 4.14. The lowest BCUT2D eigenvalue weighted by molar-refractivity contribution is 0.122. The standard InChI is InChI=1S/C25H27F2N7O/c1-16-8-10-17(11-9-16)25(2,3)32-22-29-23(33-12-14-35-15-13-33)31-24(30-22)34-19-7-5-4-6-18(19)28-21(34)20(26)27/h4-11,20H,12-15H2,1-3H3,(H,29,30,31,32). The van der Waals surface area contributed by atoms with E-state index < -0.39 is 17.8 Å². The molecule has 0 aliphatic carbocycles. The summed E-state index contributed by atoms with van der Waals surface area (Å²) < 4.78 is 34.9. The third kappa shape index (κ3) is 4.66. The second kappa shape index (κ2) is 9.18. The van der Waals surface area contributed by atoms with Gasteiger partial charge in [-0.3, -0.25) is 4.57 Å². The number of nitrogens with zero attached hydrogens (tertiary/aromatic N) is 6. The van der Waals surface area contributed by atoms with Crippen LogP contribution in [0.5, 0.6) is 0 Å². The van der Waals surface area contributed by atoms with E-state index in [1.165, 1.54) is 4.57 Å². The molecular formula is C25H27F2N7O. The van der Waals surface area contributed by atoms with Gasteiger partial charge < -0.3 is 15.0 Å². The Hall–Kier alpha value is -3.66. The number of para-hydroxylation sites is 2. The molecule has 1 saturated heterocycles. The molecule has 0 amide bonds. The molecule has 0 radical (unpaired) electrons. The molecule has 10 heteroatoms. The van der Waals surface area contributed by atoms with Crippen molar-refractivity contribution in [2.75, 3.05) is 36.5 Å². The number of rotatable bonds is 6. The Morgan fingerprint density at radius 3 is 2.31 bits per heavy atom. The molecule has 2 aromatic heterocycles. The molecule has 1 N–H and O–H groups in total. The van der Waals surface area contributed by atoms with Crippen molar-refractivity contribution < 1.29 is 13.5 Å². The number of aryl methyl sites for hydroxylation is 1. The van der Waals surface area contributed by atoms with Gasteiger partial charge in [0.15, 0.2) is 5.82 Å². The van der Waals surface area contributed by atoms with E-state index in [0.717, 1.165) is 11.1 Å². The fraction of sp³-hybridized carbons (Fsp3) is 0.360. The van der Waals surface area contributed by atoms with Crippen molar-refractivity contribution in [1.82, 2.24) is 24.5 Å². The van der Waals surface area contributed by atoms with Gasteiger partial charge in [0.05, 0.1) is 29.8 Å². The highest BCUT2D eigenvalue weighted by atomic mass is 19.3. The zero-order valence-corrected chi connectivity index (χ0v) is 19.9. The van der Waals surface area contributed by atoms with Crippen LogP contribution in [-0.2, 0) is 10.3 Å². The third-order valence-corrected chi connectivity index (χ3v) is 6.09. The number of morpholine rings is 1. The summed E-state index contributed by atoms with van der Waals surface area (Å²) in [6, 6.07) is 15.2. The summed E-state index contributed by atoms with van der Waals surface area (Å²) in [7, 11) is 0. The van der Waals surface area contributed by atoms with E-state index in [1.54, 1.807) is 24.3 Å². The molecular weight excluding hydrogens is 452 g/mol. The van der Waals surface area contributed by atoms with E-state index in [2.05, 4.69) is 25.3 Å². The second-order valence-corrected chi connectivity index (χ2v) is 9.07. The Morgan fingerprint density at radius 2 is 1.60 bits per heavy atom. The number of alkyl halides is 2. The van der Waals surface area contributed by atoms with Gasteiger partial charge in [-0.2, -0.15) is 15.0 Å². The highest BCUT2D eigenvalue weighted by Gasteiger charge is 2.27. The summed E-state index contributed by atoms with van der Waals surface area (Å²) in [6.07, 6.45) is -2.80. The van der Waals surface area contributed by atoms with Gasteiger partial charge in [-0.1, -0.05) is 42.0 Å². The van der Waals surface area contributed by atoms with Gasteiger partial charge in [0.1, 0.15) is 0 Å². The average molecular weight is 480 g/mol. The molecule has 1 aliphatic heterocycles. The van der Waals surface area contributed by atoms with Gasteiger partial charge in [0, 0.05) is 13.1 Å².